The maximum atomic E-state index is 12.3. The number of ether oxygens (including phenoxy) is 2. The molecule has 0 N–H and O–H groups in total. The van der Waals surface area contributed by atoms with E-state index in [1.807, 2.05) is 36.4 Å². The van der Waals surface area contributed by atoms with Crippen LogP contribution in [0.1, 0.15) is 17.0 Å². The normalized spacial score (nSPS) is 11.5. The molecule has 0 radical (unpaired) electrons. The van der Waals surface area contributed by atoms with Gasteiger partial charge in [0.25, 0.3) is 0 Å². The van der Waals surface area contributed by atoms with Crippen LogP contribution in [0.5, 0.6) is 0 Å². The van der Waals surface area contributed by atoms with Gasteiger partial charge >= 0.3 is 11.9 Å². The minimum absolute atomic E-state index is 0.0289. The van der Waals surface area contributed by atoms with Crippen LogP contribution in [0.4, 0.5) is 0 Å². The molecule has 2 rings (SSSR count). The van der Waals surface area contributed by atoms with Gasteiger partial charge in [-0.3, -0.25) is 9.59 Å². The minimum Gasteiger partial charge on any atom is -0.460 e. The molecule has 0 aliphatic carbocycles. The lowest BCUT2D eigenvalue weighted by Gasteiger charge is -2.15. The summed E-state index contributed by atoms with van der Waals surface area (Å²) in [6, 6.07) is 18.0. The molecule has 5 heteroatoms. The molecule has 2 aromatic carbocycles. The van der Waals surface area contributed by atoms with Gasteiger partial charge in [0, 0.05) is 0 Å². The second-order valence-corrected chi connectivity index (χ2v) is 4.97. The number of benzene rings is 2. The molecule has 0 aromatic heterocycles. The third kappa shape index (κ3) is 4.43. The molecule has 0 amide bonds. The molecular formula is C17H15BrO4. The number of alkyl halides is 1. The van der Waals surface area contributed by atoms with Gasteiger partial charge in [0.1, 0.15) is 12.1 Å². The van der Waals surface area contributed by atoms with Crippen LogP contribution in [0.2, 0.25) is 0 Å². The zero-order chi connectivity index (χ0) is 15.8. The summed E-state index contributed by atoms with van der Waals surface area (Å²) < 4.78 is 10.2. The van der Waals surface area contributed by atoms with E-state index in [-0.39, 0.29) is 12.1 Å². The van der Waals surface area contributed by atoms with Crippen molar-refractivity contribution in [2.75, 3.05) is 5.52 Å². The van der Waals surface area contributed by atoms with Crippen molar-refractivity contribution < 1.29 is 19.1 Å². The molecule has 0 aliphatic heterocycles. The van der Waals surface area contributed by atoms with E-state index >= 15 is 0 Å². The van der Waals surface area contributed by atoms with E-state index < -0.39 is 17.9 Å². The molecule has 0 saturated heterocycles. The second-order valence-electron chi connectivity index (χ2n) is 4.51. The first-order chi connectivity index (χ1) is 10.7. The van der Waals surface area contributed by atoms with Gasteiger partial charge in [-0.15, -0.1) is 0 Å². The Morgan fingerprint density at radius 3 is 2.00 bits per heavy atom. The summed E-state index contributed by atoms with van der Waals surface area (Å²) in [5.74, 6) is -2.34. The van der Waals surface area contributed by atoms with Crippen molar-refractivity contribution in [2.45, 2.75) is 12.5 Å². The maximum absolute atomic E-state index is 12.3. The van der Waals surface area contributed by atoms with Crippen molar-refractivity contribution in [1.82, 2.24) is 0 Å². The predicted octanol–water partition coefficient (Wildman–Crippen LogP) is 3.41. The summed E-state index contributed by atoms with van der Waals surface area (Å²) in [6.45, 7) is 0.116. The van der Waals surface area contributed by atoms with E-state index in [9.17, 15) is 9.59 Å². The van der Waals surface area contributed by atoms with Crippen LogP contribution in [-0.2, 0) is 25.7 Å². The first kappa shape index (κ1) is 16.2. The molecular weight excluding hydrogens is 348 g/mol. The monoisotopic (exact) mass is 362 g/mol. The molecule has 0 bridgehead atoms. The zero-order valence-electron chi connectivity index (χ0n) is 11.8. The van der Waals surface area contributed by atoms with Crippen LogP contribution < -0.4 is 0 Å². The first-order valence-corrected chi connectivity index (χ1v) is 7.82. The third-order valence-electron chi connectivity index (χ3n) is 3.03. The van der Waals surface area contributed by atoms with Crippen LogP contribution in [0.3, 0.4) is 0 Å². The lowest BCUT2D eigenvalue weighted by Crippen LogP contribution is -2.25. The van der Waals surface area contributed by atoms with Crippen molar-refractivity contribution in [3.05, 3.63) is 71.8 Å². The fourth-order valence-corrected chi connectivity index (χ4v) is 2.19. The fourth-order valence-electron chi connectivity index (χ4n) is 1.96. The van der Waals surface area contributed by atoms with Gasteiger partial charge in [-0.05, 0) is 27.1 Å². The number of carbonyl (C=O) groups excluding carboxylic acids is 2. The largest absolute Gasteiger partial charge is 0.460 e. The Kier molecular flexibility index (Phi) is 6.15. The van der Waals surface area contributed by atoms with Gasteiger partial charge in [0.2, 0.25) is 0 Å². The van der Waals surface area contributed by atoms with Crippen molar-refractivity contribution in [1.29, 1.82) is 0 Å². The Morgan fingerprint density at radius 1 is 0.864 bits per heavy atom. The van der Waals surface area contributed by atoms with Gasteiger partial charge < -0.3 is 9.47 Å². The van der Waals surface area contributed by atoms with Crippen LogP contribution in [0.25, 0.3) is 0 Å². The second kappa shape index (κ2) is 8.34. The van der Waals surface area contributed by atoms with Gasteiger partial charge in [-0.25, -0.2) is 0 Å². The molecule has 2 aromatic rings. The Balaban J connectivity index is 2.11. The standard InChI is InChI=1S/C17H15BrO4/c18-12-22-17(20)15(14-9-5-2-6-10-14)16(19)21-11-13-7-3-1-4-8-13/h1-10,15H,11-12H2. The lowest BCUT2D eigenvalue weighted by atomic mass is 9.99. The molecule has 1 atom stereocenters. The van der Waals surface area contributed by atoms with E-state index in [1.165, 1.54) is 0 Å². The molecule has 4 nitrogen and oxygen atoms in total. The average molecular weight is 363 g/mol. The molecule has 1 unspecified atom stereocenters. The molecule has 114 valence electrons. The van der Waals surface area contributed by atoms with Crippen LogP contribution in [0.15, 0.2) is 60.7 Å². The highest BCUT2D eigenvalue weighted by atomic mass is 79.9. The molecule has 0 spiro atoms. The molecule has 0 heterocycles. The smallest absolute Gasteiger partial charge is 0.325 e. The summed E-state index contributed by atoms with van der Waals surface area (Å²) >= 11 is 3.02. The topological polar surface area (TPSA) is 52.6 Å². The lowest BCUT2D eigenvalue weighted by molar-refractivity contribution is -0.157. The first-order valence-electron chi connectivity index (χ1n) is 6.70. The highest BCUT2D eigenvalue weighted by Crippen LogP contribution is 2.20. The van der Waals surface area contributed by atoms with Gasteiger partial charge in [-0.1, -0.05) is 60.7 Å². The Hall–Kier alpha value is -2.14. The van der Waals surface area contributed by atoms with Crippen LogP contribution >= 0.6 is 15.9 Å². The maximum Gasteiger partial charge on any atom is 0.325 e. The number of hydrogen-bond donors (Lipinski definition) is 0. The fraction of sp³-hybridized carbons (Fsp3) is 0.176. The zero-order valence-corrected chi connectivity index (χ0v) is 13.4. The molecule has 0 fully saturated rings. The molecule has 0 aliphatic rings. The Morgan fingerprint density at radius 2 is 1.41 bits per heavy atom. The van der Waals surface area contributed by atoms with E-state index in [2.05, 4.69) is 15.9 Å². The van der Waals surface area contributed by atoms with Crippen LogP contribution in [-0.4, -0.2) is 17.5 Å². The van der Waals surface area contributed by atoms with Crippen molar-refractivity contribution in [3.63, 3.8) is 0 Å². The summed E-state index contributed by atoms with van der Waals surface area (Å²) in [4.78, 5) is 24.3. The summed E-state index contributed by atoms with van der Waals surface area (Å²) in [7, 11) is 0. The van der Waals surface area contributed by atoms with E-state index in [4.69, 9.17) is 9.47 Å². The number of esters is 2. The van der Waals surface area contributed by atoms with E-state index in [0.717, 1.165) is 5.56 Å². The van der Waals surface area contributed by atoms with Gasteiger partial charge in [-0.2, -0.15) is 0 Å². The van der Waals surface area contributed by atoms with Gasteiger partial charge in [0.05, 0.1) is 0 Å². The highest BCUT2D eigenvalue weighted by Gasteiger charge is 2.31. The number of halogens is 1. The van der Waals surface area contributed by atoms with Gasteiger partial charge in [0.15, 0.2) is 5.92 Å². The highest BCUT2D eigenvalue weighted by molar-refractivity contribution is 9.09. The summed E-state index contributed by atoms with van der Waals surface area (Å²) in [5, 5.41) is 0. The average Bonchev–Trinajstić information content (AvgIpc) is 2.55. The Bertz CT molecular complexity index is 613. The predicted molar refractivity (Wildman–Crippen MR) is 85.3 cm³/mol. The minimum atomic E-state index is -1.08. The van der Waals surface area contributed by atoms with E-state index in [0.29, 0.717) is 5.56 Å². The third-order valence-corrected chi connectivity index (χ3v) is 3.25. The van der Waals surface area contributed by atoms with Crippen LogP contribution in [0, 0.1) is 0 Å². The number of rotatable bonds is 6. The van der Waals surface area contributed by atoms with E-state index in [1.54, 1.807) is 24.3 Å². The van der Waals surface area contributed by atoms with Crippen molar-refractivity contribution in [2.24, 2.45) is 0 Å². The molecule has 0 saturated carbocycles. The van der Waals surface area contributed by atoms with Crippen molar-refractivity contribution in [3.8, 4) is 0 Å². The SMILES string of the molecule is O=C(OCBr)C(C(=O)OCc1ccccc1)c1ccccc1. The quantitative estimate of drug-likeness (QED) is 0.448. The summed E-state index contributed by atoms with van der Waals surface area (Å²) in [6.07, 6.45) is 0. The molecule has 22 heavy (non-hydrogen) atoms. The van der Waals surface area contributed by atoms with Crippen molar-refractivity contribution >= 4 is 27.9 Å². The Labute approximate surface area is 137 Å². The number of hydrogen-bond acceptors (Lipinski definition) is 4. The number of carbonyl (C=O) groups is 2. The summed E-state index contributed by atoms with van der Waals surface area (Å²) in [5.41, 5.74) is 1.43.